The van der Waals surface area contributed by atoms with Crippen molar-refractivity contribution in [3.63, 3.8) is 0 Å². The molecule has 0 radical (unpaired) electrons. The molecule has 6 heteroatoms. The molecule has 27 heavy (non-hydrogen) atoms. The van der Waals surface area contributed by atoms with E-state index < -0.39 is 0 Å². The van der Waals surface area contributed by atoms with Crippen LogP contribution >= 0.6 is 11.8 Å². The molecule has 0 bridgehead atoms. The van der Waals surface area contributed by atoms with Gasteiger partial charge in [-0.05, 0) is 35.7 Å². The van der Waals surface area contributed by atoms with Gasteiger partial charge in [0.15, 0.2) is 6.10 Å². The zero-order chi connectivity index (χ0) is 18.3. The summed E-state index contributed by atoms with van der Waals surface area (Å²) in [5, 5.41) is 0. The molecule has 3 aliphatic rings. The zero-order valence-electron chi connectivity index (χ0n) is 15.0. The van der Waals surface area contributed by atoms with Gasteiger partial charge in [0.2, 0.25) is 0 Å². The summed E-state index contributed by atoms with van der Waals surface area (Å²) in [6, 6.07) is 11.9. The van der Waals surface area contributed by atoms with Gasteiger partial charge in [-0.25, -0.2) is 0 Å². The topological polar surface area (TPSA) is 51.7 Å². The lowest BCUT2D eigenvalue weighted by molar-refractivity contribution is -0.143. The Hall–Kier alpha value is -2.05. The van der Waals surface area contributed by atoms with Gasteiger partial charge in [-0.2, -0.15) is 0 Å². The van der Waals surface area contributed by atoms with Crippen LogP contribution in [0.2, 0.25) is 0 Å². The van der Waals surface area contributed by atoms with E-state index in [4.69, 9.17) is 9.47 Å². The van der Waals surface area contributed by atoms with Crippen LogP contribution in [-0.4, -0.2) is 51.6 Å². The molecule has 5 rings (SSSR count). The number of thioether (sulfide) groups is 1. The number of aromatic nitrogens is 1. The Morgan fingerprint density at radius 1 is 1.26 bits per heavy atom. The van der Waals surface area contributed by atoms with E-state index in [1.807, 2.05) is 53.1 Å². The predicted octanol–water partition coefficient (Wildman–Crippen LogP) is 2.69. The Balaban J connectivity index is 1.12. The van der Waals surface area contributed by atoms with Crippen LogP contribution in [0, 0.1) is 0 Å². The summed E-state index contributed by atoms with van der Waals surface area (Å²) >= 11 is 1.95. The molecule has 0 N–H and O–H groups in total. The summed E-state index contributed by atoms with van der Waals surface area (Å²) in [6.07, 6.45) is 5.18. The second kappa shape index (κ2) is 6.84. The Morgan fingerprint density at radius 2 is 2.07 bits per heavy atom. The number of hydrogen-bond acceptors (Lipinski definition) is 5. The van der Waals surface area contributed by atoms with Crippen molar-refractivity contribution in [3.05, 3.63) is 59.9 Å². The van der Waals surface area contributed by atoms with Crippen molar-refractivity contribution in [3.8, 4) is 5.75 Å². The van der Waals surface area contributed by atoms with Crippen LogP contribution in [0.1, 0.15) is 17.5 Å². The minimum Gasteiger partial charge on any atom is -0.480 e. The number of ether oxygens (including phenoxy) is 2. The third kappa shape index (κ3) is 3.32. The van der Waals surface area contributed by atoms with Gasteiger partial charge in [-0.3, -0.25) is 9.78 Å². The van der Waals surface area contributed by atoms with Gasteiger partial charge in [0, 0.05) is 37.7 Å². The molecule has 140 valence electrons. The van der Waals surface area contributed by atoms with Crippen LogP contribution in [0.5, 0.6) is 5.75 Å². The molecule has 5 nitrogen and oxygen atoms in total. The van der Waals surface area contributed by atoms with Crippen LogP contribution < -0.4 is 4.74 Å². The first kappa shape index (κ1) is 17.1. The van der Waals surface area contributed by atoms with Crippen molar-refractivity contribution in [1.29, 1.82) is 0 Å². The number of benzene rings is 1. The van der Waals surface area contributed by atoms with Gasteiger partial charge < -0.3 is 14.4 Å². The molecular formula is C21H22N2O3S. The second-order valence-electron chi connectivity index (χ2n) is 7.60. The van der Waals surface area contributed by atoms with Crippen molar-refractivity contribution in [2.24, 2.45) is 0 Å². The fraction of sp³-hybridized carbons (Fsp3) is 0.429. The van der Waals surface area contributed by atoms with E-state index in [2.05, 4.69) is 4.98 Å². The number of carbonyl (C=O) groups excluding carboxylic acids is 1. The lowest BCUT2D eigenvalue weighted by Crippen LogP contribution is -2.63. The summed E-state index contributed by atoms with van der Waals surface area (Å²) in [5.74, 6) is 1.97. The second-order valence-corrected chi connectivity index (χ2v) is 9.09. The summed E-state index contributed by atoms with van der Waals surface area (Å²) in [4.78, 5) is 18.8. The smallest absolute Gasteiger partial charge is 0.264 e. The van der Waals surface area contributed by atoms with Crippen molar-refractivity contribution in [2.45, 2.75) is 36.4 Å². The number of likely N-dealkylation sites (tertiary alicyclic amines) is 1. The highest BCUT2D eigenvalue weighted by molar-refractivity contribution is 8.01. The van der Waals surface area contributed by atoms with E-state index in [-0.39, 0.29) is 22.9 Å². The molecule has 1 amide bonds. The number of fused-ring (bicyclic) bond motifs is 1. The molecule has 2 saturated heterocycles. The third-order valence-corrected chi connectivity index (χ3v) is 7.18. The summed E-state index contributed by atoms with van der Waals surface area (Å²) in [7, 11) is 0. The lowest BCUT2D eigenvalue weighted by Gasteiger charge is -2.48. The van der Waals surface area contributed by atoms with E-state index in [0.717, 1.165) is 42.1 Å². The minimum absolute atomic E-state index is 0.124. The maximum absolute atomic E-state index is 12.8. The Labute approximate surface area is 163 Å². The number of para-hydroxylation sites is 1. The molecule has 2 atom stereocenters. The van der Waals surface area contributed by atoms with E-state index in [1.54, 1.807) is 12.4 Å². The Bertz CT molecular complexity index is 813. The molecule has 1 spiro atoms. The highest BCUT2D eigenvalue weighted by Crippen LogP contribution is 2.46. The van der Waals surface area contributed by atoms with Crippen LogP contribution in [-0.2, 0) is 22.6 Å². The molecule has 3 aliphatic heterocycles. The third-order valence-electron chi connectivity index (χ3n) is 5.60. The molecule has 1 aromatic carbocycles. The number of nitrogens with zero attached hydrogens (tertiary/aromatic N) is 2. The molecule has 2 unspecified atom stereocenters. The lowest BCUT2D eigenvalue weighted by atomic mass is 9.92. The van der Waals surface area contributed by atoms with Gasteiger partial charge in [0.1, 0.15) is 5.75 Å². The van der Waals surface area contributed by atoms with Crippen LogP contribution in [0.4, 0.5) is 0 Å². The highest BCUT2D eigenvalue weighted by Gasteiger charge is 2.52. The maximum atomic E-state index is 12.8. The van der Waals surface area contributed by atoms with Crippen LogP contribution in [0.3, 0.4) is 0 Å². The highest BCUT2D eigenvalue weighted by atomic mass is 32.2. The minimum atomic E-state index is -0.357. The molecular weight excluding hydrogens is 360 g/mol. The van der Waals surface area contributed by atoms with Gasteiger partial charge >= 0.3 is 0 Å². The fourth-order valence-electron chi connectivity index (χ4n) is 4.15. The van der Waals surface area contributed by atoms with Gasteiger partial charge in [0.25, 0.3) is 5.91 Å². The number of carbonyl (C=O) groups is 1. The van der Waals surface area contributed by atoms with Crippen LogP contribution in [0.15, 0.2) is 48.8 Å². The average Bonchev–Trinajstić information content (AvgIpc) is 3.30. The largest absolute Gasteiger partial charge is 0.480 e. The summed E-state index contributed by atoms with van der Waals surface area (Å²) < 4.78 is 12.1. The van der Waals surface area contributed by atoms with E-state index in [9.17, 15) is 4.79 Å². The molecule has 0 aliphatic carbocycles. The van der Waals surface area contributed by atoms with Crippen molar-refractivity contribution >= 4 is 17.7 Å². The normalized spacial score (nSPS) is 25.1. The zero-order valence-corrected chi connectivity index (χ0v) is 15.9. The molecule has 0 saturated carbocycles. The quantitative estimate of drug-likeness (QED) is 0.814. The maximum Gasteiger partial charge on any atom is 0.264 e. The van der Waals surface area contributed by atoms with Gasteiger partial charge in [-0.15, -0.1) is 11.8 Å². The van der Waals surface area contributed by atoms with Crippen molar-refractivity contribution < 1.29 is 14.3 Å². The van der Waals surface area contributed by atoms with E-state index in [1.165, 1.54) is 0 Å². The standard InChI is InChI=1S/C21H22N2O3S/c24-20(19-9-16-3-1-2-4-18(16)26-19)23-13-21(14-23)10-17(12-27-21)25-11-15-5-7-22-8-6-15/h1-8,17,19H,9-14H2. The van der Waals surface area contributed by atoms with Gasteiger partial charge in [0.05, 0.1) is 17.5 Å². The van der Waals surface area contributed by atoms with Crippen LogP contribution in [0.25, 0.3) is 0 Å². The first-order valence-corrected chi connectivity index (χ1v) is 10.4. The fourth-order valence-corrected chi connectivity index (χ4v) is 5.70. The number of rotatable bonds is 4. The SMILES string of the molecule is O=C(C1Cc2ccccc2O1)N1CC2(CC(OCc3ccncc3)CS2)C1. The van der Waals surface area contributed by atoms with E-state index >= 15 is 0 Å². The first-order chi connectivity index (χ1) is 13.2. The number of hydrogen-bond donors (Lipinski definition) is 0. The van der Waals surface area contributed by atoms with Crippen molar-refractivity contribution in [1.82, 2.24) is 9.88 Å². The average molecular weight is 382 g/mol. The Kier molecular flexibility index (Phi) is 4.32. The van der Waals surface area contributed by atoms with Crippen molar-refractivity contribution in [2.75, 3.05) is 18.8 Å². The van der Waals surface area contributed by atoms with E-state index in [0.29, 0.717) is 13.0 Å². The molecule has 1 aromatic heterocycles. The number of pyridine rings is 1. The molecule has 2 aromatic rings. The first-order valence-electron chi connectivity index (χ1n) is 9.39. The van der Waals surface area contributed by atoms with Gasteiger partial charge in [-0.1, -0.05) is 18.2 Å². The Morgan fingerprint density at radius 3 is 2.89 bits per heavy atom. The monoisotopic (exact) mass is 382 g/mol. The molecule has 4 heterocycles. The summed E-state index contributed by atoms with van der Waals surface area (Å²) in [6.45, 7) is 2.24. The summed E-state index contributed by atoms with van der Waals surface area (Å²) in [5.41, 5.74) is 2.28. The predicted molar refractivity (Wildman–Crippen MR) is 104 cm³/mol. The molecule has 2 fully saturated rings. The number of amides is 1.